The molecule has 0 saturated carbocycles. The molecule has 1 aromatic carbocycles. The minimum atomic E-state index is -1.28. The molecule has 1 fully saturated rings. The molecule has 3 rings (SSSR count). The van der Waals surface area contributed by atoms with Crippen LogP contribution in [0.25, 0.3) is 11.3 Å². The van der Waals surface area contributed by atoms with Crippen molar-refractivity contribution in [3.63, 3.8) is 0 Å². The van der Waals surface area contributed by atoms with E-state index in [1.54, 1.807) is 25.1 Å². The second kappa shape index (κ2) is 13.9. The molecule has 0 bridgehead atoms. The van der Waals surface area contributed by atoms with Gasteiger partial charge in [0.05, 0.1) is 23.8 Å². The number of pyridine rings is 1. The fourth-order valence-electron chi connectivity index (χ4n) is 4.56. The Hall–Kier alpha value is -3.28. The molecule has 6 atom stereocenters. The van der Waals surface area contributed by atoms with Crippen molar-refractivity contribution in [2.75, 3.05) is 7.05 Å². The van der Waals surface area contributed by atoms with Crippen LogP contribution in [0.15, 0.2) is 48.5 Å². The van der Waals surface area contributed by atoms with Gasteiger partial charge in [-0.1, -0.05) is 50.2 Å². The highest BCUT2D eigenvalue weighted by atomic mass is 16.6. The molecule has 11 heteroatoms. The number of amides is 2. The van der Waals surface area contributed by atoms with Crippen molar-refractivity contribution in [2.24, 2.45) is 5.92 Å². The van der Waals surface area contributed by atoms with Crippen LogP contribution in [-0.2, 0) is 18.9 Å². The molecule has 2 aromatic rings. The summed E-state index contributed by atoms with van der Waals surface area (Å²) in [6, 6.07) is 12.6. The first-order valence-electron chi connectivity index (χ1n) is 13.8. The third kappa shape index (κ3) is 7.90. The second-order valence-corrected chi connectivity index (χ2v) is 10.9. The number of benzene rings is 1. The van der Waals surface area contributed by atoms with Crippen molar-refractivity contribution in [1.29, 1.82) is 0 Å². The summed E-state index contributed by atoms with van der Waals surface area (Å²) in [5.74, 6) is -2.28. The molecule has 0 radical (unpaired) electrons. The van der Waals surface area contributed by atoms with Crippen LogP contribution >= 0.6 is 0 Å². The van der Waals surface area contributed by atoms with Gasteiger partial charge in [-0.05, 0) is 59.2 Å². The third-order valence-electron chi connectivity index (χ3n) is 7.34. The van der Waals surface area contributed by atoms with Gasteiger partial charge in [0.15, 0.2) is 0 Å². The Morgan fingerprint density at radius 1 is 1.05 bits per heavy atom. The fraction of sp³-hybridized carbons (Fsp3) is 0.517. The predicted octanol–water partition coefficient (Wildman–Crippen LogP) is 2.46. The largest absolute Gasteiger partial charge is 0.551 e. The van der Waals surface area contributed by atoms with Gasteiger partial charge in [0, 0.05) is 11.6 Å². The van der Waals surface area contributed by atoms with Crippen LogP contribution in [0.3, 0.4) is 0 Å². The molecule has 216 valence electrons. The van der Waals surface area contributed by atoms with E-state index in [2.05, 4.69) is 15.6 Å². The molecular formula is C29H41BN4O6. The average Bonchev–Trinajstić information content (AvgIpc) is 2.93. The standard InChI is InChI=1S/C29H41BN4O6/c1-17(2)16-25(30-39-21(6)18(3)34(7)19(4)29(38)40-30)32-28(37)26(20(5)35)33-27(36)24-15-11-14-23(31-24)22-12-9-8-10-13-22/h8-15,17-21,25-26,35H,16H2,1-7H3,(H,32,37)(H,33,36)/t18-,19+,20-,21-,25+,26?/m1/s1. The zero-order chi connectivity index (χ0) is 29.6. The molecule has 0 spiro atoms. The van der Waals surface area contributed by atoms with E-state index in [1.165, 1.54) is 6.92 Å². The monoisotopic (exact) mass is 552 g/mol. The van der Waals surface area contributed by atoms with E-state index in [9.17, 15) is 19.5 Å². The highest BCUT2D eigenvalue weighted by molar-refractivity contribution is 6.49. The summed E-state index contributed by atoms with van der Waals surface area (Å²) >= 11 is 0. The molecule has 2 amide bonds. The van der Waals surface area contributed by atoms with Crippen LogP contribution in [0, 0.1) is 5.92 Å². The van der Waals surface area contributed by atoms with Crippen LogP contribution in [0.2, 0.25) is 0 Å². The van der Waals surface area contributed by atoms with Crippen LogP contribution < -0.4 is 10.6 Å². The van der Waals surface area contributed by atoms with Gasteiger partial charge in [-0.25, -0.2) is 4.98 Å². The van der Waals surface area contributed by atoms with Crippen LogP contribution in [-0.4, -0.2) is 83.2 Å². The Morgan fingerprint density at radius 3 is 2.35 bits per heavy atom. The van der Waals surface area contributed by atoms with Crippen LogP contribution in [0.1, 0.15) is 58.5 Å². The molecule has 2 heterocycles. The Labute approximate surface area is 237 Å². The summed E-state index contributed by atoms with van der Waals surface area (Å²) in [7, 11) is 0.798. The summed E-state index contributed by atoms with van der Waals surface area (Å²) in [5.41, 5.74) is 1.56. The van der Waals surface area contributed by atoms with E-state index in [4.69, 9.17) is 9.31 Å². The number of likely N-dealkylation sites (N-methyl/N-ethyl adjacent to an activating group) is 1. The molecule has 1 saturated heterocycles. The number of nitrogens with one attached hydrogen (secondary N) is 2. The zero-order valence-electron chi connectivity index (χ0n) is 24.3. The summed E-state index contributed by atoms with van der Waals surface area (Å²) < 4.78 is 11.9. The van der Waals surface area contributed by atoms with Crippen LogP contribution in [0.4, 0.5) is 0 Å². The number of aromatic nitrogens is 1. The number of carbonyl (C=O) groups excluding carboxylic acids is 3. The fourth-order valence-corrected chi connectivity index (χ4v) is 4.56. The van der Waals surface area contributed by atoms with E-state index in [0.717, 1.165) is 5.56 Å². The number of hydrogen-bond acceptors (Lipinski definition) is 8. The summed E-state index contributed by atoms with van der Waals surface area (Å²) in [5, 5.41) is 16.0. The number of aliphatic hydroxyl groups is 1. The number of nitrogens with zero attached hydrogens (tertiary/aromatic N) is 2. The number of carbonyl (C=O) groups is 3. The van der Waals surface area contributed by atoms with Gasteiger partial charge in [-0.2, -0.15) is 0 Å². The highest BCUT2D eigenvalue weighted by Crippen LogP contribution is 2.20. The van der Waals surface area contributed by atoms with Gasteiger partial charge >= 0.3 is 13.1 Å². The maximum atomic E-state index is 13.5. The molecular weight excluding hydrogens is 511 g/mol. The number of rotatable bonds is 9. The van der Waals surface area contributed by atoms with E-state index >= 15 is 0 Å². The Kier molecular flexibility index (Phi) is 10.8. The van der Waals surface area contributed by atoms with Crippen molar-refractivity contribution in [2.45, 2.75) is 84.2 Å². The maximum absolute atomic E-state index is 13.5. The highest BCUT2D eigenvalue weighted by Gasteiger charge is 2.43. The van der Waals surface area contributed by atoms with E-state index in [-0.39, 0.29) is 23.8 Å². The topological polar surface area (TPSA) is 130 Å². The summed E-state index contributed by atoms with van der Waals surface area (Å²) in [4.78, 5) is 45.7. The Balaban J connectivity index is 1.79. The normalized spacial score (nSPS) is 22.5. The number of aliphatic hydroxyl groups excluding tert-OH is 1. The molecule has 1 unspecified atom stereocenters. The molecule has 3 N–H and O–H groups in total. The lowest BCUT2D eigenvalue weighted by atomic mass is 9.72. The number of hydrogen-bond donors (Lipinski definition) is 3. The van der Waals surface area contributed by atoms with E-state index < -0.39 is 49.0 Å². The molecule has 0 aliphatic carbocycles. The quantitative estimate of drug-likeness (QED) is 0.405. The third-order valence-corrected chi connectivity index (χ3v) is 7.34. The van der Waals surface area contributed by atoms with E-state index in [0.29, 0.717) is 12.1 Å². The minimum absolute atomic E-state index is 0.0793. The predicted molar refractivity (Wildman–Crippen MR) is 153 cm³/mol. The first-order valence-corrected chi connectivity index (χ1v) is 13.8. The molecule has 1 aliphatic rings. The van der Waals surface area contributed by atoms with Crippen molar-refractivity contribution in [1.82, 2.24) is 20.5 Å². The molecule has 1 aromatic heterocycles. The van der Waals surface area contributed by atoms with Gasteiger partial charge in [-0.3, -0.25) is 19.3 Å². The lowest BCUT2D eigenvalue weighted by molar-refractivity contribution is -0.146. The average molecular weight is 552 g/mol. The molecule has 10 nitrogen and oxygen atoms in total. The lowest BCUT2D eigenvalue weighted by Crippen LogP contribution is -2.61. The SMILES string of the molecule is CC(C)C[C@H](NC(=O)C(NC(=O)c1cccc(-c2ccccc2)n1)[C@@H](C)O)B1OC(=O)[C@H](C)N(C)[C@H](C)[C@@H](C)O1. The first-order chi connectivity index (χ1) is 18.9. The van der Waals surface area contributed by atoms with Gasteiger partial charge in [0.25, 0.3) is 5.91 Å². The van der Waals surface area contributed by atoms with Gasteiger partial charge in [0.1, 0.15) is 17.8 Å². The zero-order valence-corrected chi connectivity index (χ0v) is 24.3. The first kappa shape index (κ1) is 31.3. The van der Waals surface area contributed by atoms with Crippen molar-refractivity contribution < 1.29 is 28.8 Å². The summed E-state index contributed by atoms with van der Waals surface area (Å²) in [6.45, 7) is 11.0. The molecule has 40 heavy (non-hydrogen) atoms. The van der Waals surface area contributed by atoms with Crippen molar-refractivity contribution >= 4 is 24.9 Å². The summed E-state index contributed by atoms with van der Waals surface area (Å²) in [6.07, 6.45) is -1.07. The van der Waals surface area contributed by atoms with Gasteiger partial charge < -0.3 is 25.0 Å². The maximum Gasteiger partial charge on any atom is 0.551 e. The molecule has 1 aliphatic heterocycles. The smallest absolute Gasteiger partial charge is 0.507 e. The van der Waals surface area contributed by atoms with Crippen LogP contribution in [0.5, 0.6) is 0 Å². The minimum Gasteiger partial charge on any atom is -0.507 e. The van der Waals surface area contributed by atoms with Crippen molar-refractivity contribution in [3.8, 4) is 11.3 Å². The van der Waals surface area contributed by atoms with E-state index in [1.807, 2.05) is 70.0 Å². The Bertz CT molecular complexity index is 1160. The van der Waals surface area contributed by atoms with Crippen molar-refractivity contribution in [3.05, 3.63) is 54.2 Å². The Morgan fingerprint density at radius 2 is 1.73 bits per heavy atom. The van der Waals surface area contributed by atoms with Gasteiger partial charge in [-0.15, -0.1) is 0 Å². The second-order valence-electron chi connectivity index (χ2n) is 10.9. The lowest BCUT2D eigenvalue weighted by Gasteiger charge is -2.39. The van der Waals surface area contributed by atoms with Gasteiger partial charge in [0.2, 0.25) is 5.91 Å².